The quantitative estimate of drug-likeness (QED) is 0.810. The van der Waals surface area contributed by atoms with Crippen LogP contribution in [0.1, 0.15) is 10.5 Å². The predicted octanol–water partition coefficient (Wildman–Crippen LogP) is 1.18. The van der Waals surface area contributed by atoms with E-state index >= 15 is 0 Å². The fourth-order valence-corrected chi connectivity index (χ4v) is 1.46. The van der Waals surface area contributed by atoms with Gasteiger partial charge in [-0.2, -0.15) is 0 Å². The summed E-state index contributed by atoms with van der Waals surface area (Å²) < 4.78 is 4.95. The molecule has 3 N–H and O–H groups in total. The lowest BCUT2D eigenvalue weighted by Crippen LogP contribution is -2.15. The lowest BCUT2D eigenvalue weighted by atomic mass is 10.1. The van der Waals surface area contributed by atoms with E-state index in [4.69, 9.17) is 10.5 Å². The summed E-state index contributed by atoms with van der Waals surface area (Å²) in [5.74, 6) is -0.215. The number of nitrogens with zero attached hydrogens (tertiary/aromatic N) is 1. The van der Waals surface area contributed by atoms with Crippen LogP contribution in [-0.2, 0) is 0 Å². The van der Waals surface area contributed by atoms with Gasteiger partial charge in [0.05, 0.1) is 7.11 Å². The maximum atomic E-state index is 11.3. The second-order valence-corrected chi connectivity index (χ2v) is 3.20. The molecule has 5 nitrogen and oxygen atoms in total. The molecule has 2 heterocycles. The second-order valence-electron chi connectivity index (χ2n) is 3.20. The zero-order valence-corrected chi connectivity index (χ0v) is 8.73. The van der Waals surface area contributed by atoms with Gasteiger partial charge in [0.25, 0.3) is 5.91 Å². The monoisotopic (exact) mass is 217 g/mol. The topological polar surface area (TPSA) is 81.0 Å². The number of aromatic amines is 1. The Bertz CT molecular complexity index is 506. The van der Waals surface area contributed by atoms with Crippen molar-refractivity contribution in [1.82, 2.24) is 9.97 Å². The number of hydrogen-bond acceptors (Lipinski definition) is 3. The minimum absolute atomic E-state index is 0.196. The van der Waals surface area contributed by atoms with Crippen LogP contribution in [0.5, 0.6) is 5.88 Å². The van der Waals surface area contributed by atoms with Crippen LogP contribution < -0.4 is 10.5 Å². The van der Waals surface area contributed by atoms with E-state index in [9.17, 15) is 4.79 Å². The van der Waals surface area contributed by atoms with E-state index in [0.29, 0.717) is 11.4 Å². The van der Waals surface area contributed by atoms with E-state index in [0.717, 1.165) is 5.69 Å². The Morgan fingerprint density at radius 1 is 1.44 bits per heavy atom. The number of carbonyl (C=O) groups excluding carboxylic acids is 1. The van der Waals surface area contributed by atoms with Gasteiger partial charge in [-0.1, -0.05) is 0 Å². The average molecular weight is 217 g/mol. The standard InChI is InChI=1S/C11H11N3O2/c1-16-9-5-4-7(8-3-2-6-13-8)10(14-9)11(12)15/h2-6,13H,1H3,(H2,12,15). The lowest BCUT2D eigenvalue weighted by Gasteiger charge is -2.06. The van der Waals surface area contributed by atoms with Crippen LogP contribution in [0.25, 0.3) is 11.3 Å². The fraction of sp³-hybridized carbons (Fsp3) is 0.0909. The zero-order valence-electron chi connectivity index (χ0n) is 8.73. The molecule has 16 heavy (non-hydrogen) atoms. The number of ether oxygens (including phenoxy) is 1. The minimum atomic E-state index is -0.580. The van der Waals surface area contributed by atoms with Gasteiger partial charge in [0.2, 0.25) is 5.88 Å². The Hall–Kier alpha value is -2.30. The average Bonchev–Trinajstić information content (AvgIpc) is 2.81. The number of nitrogens with one attached hydrogen (secondary N) is 1. The summed E-state index contributed by atoms with van der Waals surface area (Å²) in [5, 5.41) is 0. The molecule has 0 aliphatic heterocycles. The van der Waals surface area contributed by atoms with E-state index in [-0.39, 0.29) is 5.69 Å². The number of hydrogen-bond donors (Lipinski definition) is 2. The van der Waals surface area contributed by atoms with E-state index in [1.807, 2.05) is 12.1 Å². The number of primary amides is 1. The molecule has 2 aromatic rings. The van der Waals surface area contributed by atoms with Gasteiger partial charge >= 0.3 is 0 Å². The molecule has 0 atom stereocenters. The Balaban J connectivity index is 2.57. The summed E-state index contributed by atoms with van der Waals surface area (Å²) in [6.45, 7) is 0. The highest BCUT2D eigenvalue weighted by Gasteiger charge is 2.13. The Labute approximate surface area is 92.3 Å². The number of amides is 1. The maximum absolute atomic E-state index is 11.3. The first-order chi connectivity index (χ1) is 7.72. The number of pyridine rings is 1. The van der Waals surface area contributed by atoms with Crippen molar-refractivity contribution < 1.29 is 9.53 Å². The molecule has 82 valence electrons. The smallest absolute Gasteiger partial charge is 0.268 e. The van der Waals surface area contributed by atoms with Crippen molar-refractivity contribution in [1.29, 1.82) is 0 Å². The van der Waals surface area contributed by atoms with Crippen LogP contribution in [0.4, 0.5) is 0 Å². The number of rotatable bonds is 3. The molecule has 0 saturated heterocycles. The third-order valence-electron chi connectivity index (χ3n) is 2.20. The number of nitrogens with two attached hydrogens (primary N) is 1. The third-order valence-corrected chi connectivity index (χ3v) is 2.20. The lowest BCUT2D eigenvalue weighted by molar-refractivity contribution is 0.0995. The van der Waals surface area contributed by atoms with Crippen LogP contribution in [0.2, 0.25) is 0 Å². The molecule has 5 heteroatoms. The van der Waals surface area contributed by atoms with Gasteiger partial charge in [0, 0.05) is 23.5 Å². The summed E-state index contributed by atoms with van der Waals surface area (Å²) in [7, 11) is 1.49. The van der Waals surface area contributed by atoms with Crippen molar-refractivity contribution >= 4 is 5.91 Å². The van der Waals surface area contributed by atoms with Gasteiger partial charge in [-0.05, 0) is 18.2 Å². The van der Waals surface area contributed by atoms with E-state index in [2.05, 4.69) is 9.97 Å². The SMILES string of the molecule is COc1ccc(-c2ccc[nH]2)c(C(N)=O)n1. The van der Waals surface area contributed by atoms with E-state index < -0.39 is 5.91 Å². The predicted molar refractivity (Wildman–Crippen MR) is 59.1 cm³/mol. The van der Waals surface area contributed by atoms with Gasteiger partial charge in [-0.25, -0.2) is 4.98 Å². The van der Waals surface area contributed by atoms with Crippen molar-refractivity contribution in [3.63, 3.8) is 0 Å². The summed E-state index contributed by atoms with van der Waals surface area (Å²) >= 11 is 0. The highest BCUT2D eigenvalue weighted by Crippen LogP contribution is 2.22. The molecule has 2 aromatic heterocycles. The first-order valence-corrected chi connectivity index (χ1v) is 4.71. The first-order valence-electron chi connectivity index (χ1n) is 4.71. The number of H-pyrrole nitrogens is 1. The molecule has 0 aliphatic carbocycles. The fourth-order valence-electron chi connectivity index (χ4n) is 1.46. The molecule has 0 aliphatic rings. The molecule has 0 unspecified atom stereocenters. The summed E-state index contributed by atoms with van der Waals surface area (Å²) in [4.78, 5) is 18.3. The van der Waals surface area contributed by atoms with Crippen LogP contribution in [0.3, 0.4) is 0 Å². The minimum Gasteiger partial charge on any atom is -0.481 e. The Morgan fingerprint density at radius 2 is 2.25 bits per heavy atom. The van der Waals surface area contributed by atoms with Crippen molar-refractivity contribution in [2.45, 2.75) is 0 Å². The summed E-state index contributed by atoms with van der Waals surface area (Å²) in [6, 6.07) is 7.11. The maximum Gasteiger partial charge on any atom is 0.268 e. The Morgan fingerprint density at radius 3 is 2.81 bits per heavy atom. The van der Waals surface area contributed by atoms with Crippen molar-refractivity contribution in [3.8, 4) is 17.1 Å². The summed E-state index contributed by atoms with van der Waals surface area (Å²) in [5.41, 5.74) is 6.93. The highest BCUT2D eigenvalue weighted by molar-refractivity contribution is 5.97. The molecule has 0 saturated carbocycles. The molecule has 2 rings (SSSR count). The van der Waals surface area contributed by atoms with Crippen molar-refractivity contribution in [3.05, 3.63) is 36.2 Å². The van der Waals surface area contributed by atoms with Crippen LogP contribution in [0, 0.1) is 0 Å². The highest BCUT2D eigenvalue weighted by atomic mass is 16.5. The van der Waals surface area contributed by atoms with E-state index in [1.54, 1.807) is 18.3 Å². The summed E-state index contributed by atoms with van der Waals surface area (Å²) in [6.07, 6.45) is 1.77. The third kappa shape index (κ3) is 1.75. The molecular formula is C11H11N3O2. The molecule has 1 amide bonds. The first kappa shape index (κ1) is 10.2. The molecule has 0 bridgehead atoms. The molecule has 0 aromatic carbocycles. The second kappa shape index (κ2) is 4.06. The largest absolute Gasteiger partial charge is 0.481 e. The zero-order chi connectivity index (χ0) is 11.5. The van der Waals surface area contributed by atoms with Gasteiger partial charge < -0.3 is 15.5 Å². The van der Waals surface area contributed by atoms with Crippen LogP contribution >= 0.6 is 0 Å². The van der Waals surface area contributed by atoms with Gasteiger partial charge in [-0.3, -0.25) is 4.79 Å². The molecular weight excluding hydrogens is 206 g/mol. The molecule has 0 fully saturated rings. The number of aromatic nitrogens is 2. The Kier molecular flexibility index (Phi) is 2.59. The van der Waals surface area contributed by atoms with Crippen molar-refractivity contribution in [2.75, 3.05) is 7.11 Å². The number of methoxy groups -OCH3 is 1. The van der Waals surface area contributed by atoms with Crippen LogP contribution in [-0.4, -0.2) is 23.0 Å². The van der Waals surface area contributed by atoms with Gasteiger partial charge in [-0.15, -0.1) is 0 Å². The normalized spacial score (nSPS) is 10.1. The molecule has 0 radical (unpaired) electrons. The van der Waals surface area contributed by atoms with Crippen molar-refractivity contribution in [2.24, 2.45) is 5.73 Å². The molecule has 0 spiro atoms. The van der Waals surface area contributed by atoms with Gasteiger partial charge in [0.1, 0.15) is 5.69 Å². The van der Waals surface area contributed by atoms with Gasteiger partial charge in [0.15, 0.2) is 0 Å². The number of carbonyl (C=O) groups is 1. The van der Waals surface area contributed by atoms with E-state index in [1.165, 1.54) is 7.11 Å². The van der Waals surface area contributed by atoms with Crippen LogP contribution in [0.15, 0.2) is 30.5 Å².